The van der Waals surface area contributed by atoms with E-state index in [9.17, 15) is 0 Å². The zero-order chi connectivity index (χ0) is 32.3. The molecule has 0 heterocycles. The molecule has 0 spiro atoms. The first-order valence-corrected chi connectivity index (χ1v) is 18.7. The SMILES string of the molecule is CC(C)(C)C[P+](CC(C)(C)C)(CC(C)(C)C)CC(C)(C)C(C)(C)C(C)(C)C(C)(C)C(C)(C)C(C)(C)C(C)(C)C. The van der Waals surface area contributed by atoms with Crippen molar-refractivity contribution in [3.05, 3.63) is 0 Å². The van der Waals surface area contributed by atoms with Crippen molar-refractivity contribution in [3.63, 3.8) is 0 Å². The van der Waals surface area contributed by atoms with E-state index in [1.54, 1.807) is 0 Å². The molecule has 0 bridgehead atoms. The second kappa shape index (κ2) is 10.9. The van der Waals surface area contributed by atoms with E-state index in [4.69, 9.17) is 0 Å². The van der Waals surface area contributed by atoms with Gasteiger partial charge < -0.3 is 0 Å². The van der Waals surface area contributed by atoms with Gasteiger partial charge in [0.05, 0.1) is 24.6 Å². The third-order valence-corrected chi connectivity index (χ3v) is 19.3. The number of rotatable bonds is 10. The maximum absolute atomic E-state index is 2.65. The fraction of sp³-hybridized carbons (Fsp3) is 1.00. The van der Waals surface area contributed by atoms with E-state index in [0.29, 0.717) is 16.2 Å². The van der Waals surface area contributed by atoms with Gasteiger partial charge in [-0.1, -0.05) is 166 Å². The molecule has 0 aromatic rings. The van der Waals surface area contributed by atoms with Gasteiger partial charge in [0.1, 0.15) is 0 Å². The first kappa shape index (κ1) is 39.4. The van der Waals surface area contributed by atoms with Crippen LogP contribution in [-0.4, -0.2) is 24.6 Å². The van der Waals surface area contributed by atoms with Crippen molar-refractivity contribution in [3.8, 4) is 0 Å². The van der Waals surface area contributed by atoms with Crippen LogP contribution in [0.3, 0.4) is 0 Å². The summed E-state index contributed by atoms with van der Waals surface area (Å²) in [5, 5.41) is 0. The Balaban J connectivity index is 7.16. The average Bonchev–Trinajstić information content (AvgIpc) is 2.53. The Labute approximate surface area is 251 Å². The lowest BCUT2D eigenvalue weighted by Gasteiger charge is -2.68. The van der Waals surface area contributed by atoms with Crippen molar-refractivity contribution in [1.82, 2.24) is 0 Å². The largest absolute Gasteiger partial charge is 0.0651 e. The molecule has 0 saturated carbocycles. The molecule has 0 radical (unpaired) electrons. The van der Waals surface area contributed by atoms with Gasteiger partial charge in [0.25, 0.3) is 0 Å². The summed E-state index contributed by atoms with van der Waals surface area (Å²) in [5.41, 5.74) is 2.10. The maximum atomic E-state index is 2.65. The van der Waals surface area contributed by atoms with Gasteiger partial charge in [0.15, 0.2) is 0 Å². The minimum Gasteiger partial charge on any atom is -0.0596 e. The van der Waals surface area contributed by atoms with E-state index in [-0.39, 0.29) is 37.9 Å². The summed E-state index contributed by atoms with van der Waals surface area (Å²) >= 11 is 0. The van der Waals surface area contributed by atoms with Crippen molar-refractivity contribution in [1.29, 1.82) is 0 Å². The standard InChI is InChI=1S/C38H80P/c1-29(2,3)25-39(26-30(4,5)6,27-31(7,8)9)28-33(13,14)35(17,18)37(21,22)38(23,24)36(19,20)34(15,16)32(10,11)12/h25-28H2,1-24H3/q+1. The summed E-state index contributed by atoms with van der Waals surface area (Å²) in [7, 11) is -1.30. The summed E-state index contributed by atoms with van der Waals surface area (Å²) < 4.78 is 0. The number of hydrogen-bond acceptors (Lipinski definition) is 0. The number of hydrogen-bond donors (Lipinski definition) is 0. The van der Waals surface area contributed by atoms with Gasteiger partial charge >= 0.3 is 0 Å². The van der Waals surface area contributed by atoms with Crippen LogP contribution in [0.15, 0.2) is 0 Å². The molecule has 0 rings (SSSR count). The lowest BCUT2D eigenvalue weighted by molar-refractivity contribution is -0.189. The van der Waals surface area contributed by atoms with Gasteiger partial charge in [-0.2, -0.15) is 0 Å². The summed E-state index contributed by atoms with van der Waals surface area (Å²) in [6.45, 7) is 61.0. The van der Waals surface area contributed by atoms with Crippen LogP contribution in [0.1, 0.15) is 166 Å². The molecule has 0 aliphatic rings. The van der Waals surface area contributed by atoms with Gasteiger partial charge in [0.2, 0.25) is 0 Å². The molecule has 0 aromatic carbocycles. The third-order valence-electron chi connectivity index (χ3n) is 13.0. The zero-order valence-corrected chi connectivity index (χ0v) is 33.2. The topological polar surface area (TPSA) is 0 Å². The average molecular weight is 568 g/mol. The predicted octanol–water partition coefficient (Wildman–Crippen LogP) is 13.3. The molecular weight excluding hydrogens is 487 g/mol. The van der Waals surface area contributed by atoms with E-state index in [1.165, 1.54) is 24.6 Å². The van der Waals surface area contributed by atoms with Crippen LogP contribution in [0.5, 0.6) is 0 Å². The normalized spacial score (nSPS) is 16.6. The molecule has 0 atom stereocenters. The molecule has 0 nitrogen and oxygen atoms in total. The molecule has 0 N–H and O–H groups in total. The summed E-state index contributed by atoms with van der Waals surface area (Å²) in [6.07, 6.45) is 5.54. The van der Waals surface area contributed by atoms with Crippen LogP contribution in [0.4, 0.5) is 0 Å². The molecule has 236 valence electrons. The van der Waals surface area contributed by atoms with Gasteiger partial charge in [-0.3, -0.25) is 0 Å². The van der Waals surface area contributed by atoms with Crippen LogP contribution >= 0.6 is 7.26 Å². The van der Waals surface area contributed by atoms with Crippen LogP contribution in [0.25, 0.3) is 0 Å². The Hall–Kier alpha value is 0.430. The molecule has 0 amide bonds. The van der Waals surface area contributed by atoms with Gasteiger partial charge in [0, 0.05) is 12.7 Å². The van der Waals surface area contributed by atoms with Crippen molar-refractivity contribution in [2.75, 3.05) is 24.6 Å². The molecule has 0 aromatic heterocycles. The van der Waals surface area contributed by atoms with E-state index in [2.05, 4.69) is 166 Å². The van der Waals surface area contributed by atoms with Crippen LogP contribution in [-0.2, 0) is 0 Å². The molecule has 0 aliphatic heterocycles. The lowest BCUT2D eigenvalue weighted by Crippen LogP contribution is -2.62. The quantitative estimate of drug-likeness (QED) is 0.230. The molecule has 39 heavy (non-hydrogen) atoms. The third kappa shape index (κ3) is 8.29. The van der Waals surface area contributed by atoms with E-state index in [1.807, 2.05) is 0 Å². The van der Waals surface area contributed by atoms with Crippen LogP contribution < -0.4 is 0 Å². The zero-order valence-electron chi connectivity index (χ0n) is 32.3. The Kier molecular flexibility index (Phi) is 11.0. The van der Waals surface area contributed by atoms with Gasteiger partial charge in [-0.05, 0) is 48.7 Å². The second-order valence-corrected chi connectivity index (χ2v) is 25.9. The molecule has 0 aliphatic carbocycles. The first-order valence-electron chi connectivity index (χ1n) is 16.2. The summed E-state index contributed by atoms with van der Waals surface area (Å²) in [6, 6.07) is 0. The second-order valence-electron chi connectivity index (χ2n) is 21.9. The Morgan fingerprint density at radius 3 is 0.744 bits per heavy atom. The monoisotopic (exact) mass is 568 g/mol. The first-order chi connectivity index (χ1) is 16.3. The highest BCUT2D eigenvalue weighted by atomic mass is 31.2. The smallest absolute Gasteiger partial charge is 0.0596 e. The van der Waals surface area contributed by atoms with Crippen molar-refractivity contribution in [2.24, 2.45) is 54.1 Å². The lowest BCUT2D eigenvalue weighted by atomic mass is 9.37. The Morgan fingerprint density at radius 2 is 0.513 bits per heavy atom. The summed E-state index contributed by atoms with van der Waals surface area (Å²) in [5.74, 6) is 0. The minimum atomic E-state index is -1.30. The fourth-order valence-electron chi connectivity index (χ4n) is 8.52. The molecule has 0 saturated heterocycles. The van der Waals surface area contributed by atoms with Crippen LogP contribution in [0.2, 0.25) is 0 Å². The highest BCUT2D eigenvalue weighted by molar-refractivity contribution is 7.76. The minimum absolute atomic E-state index is 0.108. The highest BCUT2D eigenvalue weighted by Gasteiger charge is 2.65. The van der Waals surface area contributed by atoms with Crippen molar-refractivity contribution in [2.45, 2.75) is 166 Å². The van der Waals surface area contributed by atoms with E-state index < -0.39 is 7.26 Å². The molecule has 1 heteroatoms. The van der Waals surface area contributed by atoms with Gasteiger partial charge in [-0.15, -0.1) is 0 Å². The van der Waals surface area contributed by atoms with E-state index >= 15 is 0 Å². The molecule has 0 fully saturated rings. The van der Waals surface area contributed by atoms with E-state index in [0.717, 1.165) is 0 Å². The van der Waals surface area contributed by atoms with Crippen LogP contribution in [0, 0.1) is 54.1 Å². The Morgan fingerprint density at radius 1 is 0.282 bits per heavy atom. The maximum Gasteiger partial charge on any atom is 0.0651 e. The highest BCUT2D eigenvalue weighted by Crippen LogP contribution is 2.74. The fourth-order valence-corrected chi connectivity index (χ4v) is 17.3. The molecular formula is C38H80P+. The van der Waals surface area contributed by atoms with Gasteiger partial charge in [-0.25, -0.2) is 0 Å². The molecule has 0 unspecified atom stereocenters. The van der Waals surface area contributed by atoms with Crippen molar-refractivity contribution < 1.29 is 0 Å². The van der Waals surface area contributed by atoms with Crippen molar-refractivity contribution >= 4 is 7.26 Å². The summed E-state index contributed by atoms with van der Waals surface area (Å²) in [4.78, 5) is 0. The Bertz CT molecular complexity index is 760. The predicted molar refractivity (Wildman–Crippen MR) is 187 cm³/mol.